The molecular formula is C14H20N2O5. The van der Waals surface area contributed by atoms with E-state index < -0.39 is 16.8 Å². The van der Waals surface area contributed by atoms with Gasteiger partial charge in [-0.2, -0.15) is 0 Å². The molecule has 7 nitrogen and oxygen atoms in total. The fraction of sp³-hybridized carbons (Fsp3) is 0.500. The number of hydrogen-bond acceptors (Lipinski definition) is 5. The second-order valence-electron chi connectivity index (χ2n) is 4.91. The second-order valence-corrected chi connectivity index (χ2v) is 4.91. The van der Waals surface area contributed by atoms with E-state index in [1.165, 1.54) is 12.1 Å². The Bertz CT molecular complexity index is 518. The number of benzene rings is 1. The Balaban J connectivity index is 3.00. The smallest absolute Gasteiger partial charge is 0.308 e. The maximum Gasteiger partial charge on any atom is 0.308 e. The van der Waals surface area contributed by atoms with Crippen LogP contribution in [-0.2, 0) is 4.79 Å². The quantitative estimate of drug-likeness (QED) is 0.585. The van der Waals surface area contributed by atoms with Crippen LogP contribution < -0.4 is 9.64 Å². The first-order valence-corrected chi connectivity index (χ1v) is 6.71. The third-order valence-corrected chi connectivity index (χ3v) is 2.97. The normalized spacial score (nSPS) is 11.8. The third kappa shape index (κ3) is 4.94. The highest BCUT2D eigenvalue weighted by Gasteiger charge is 2.17. The summed E-state index contributed by atoms with van der Waals surface area (Å²) in [6, 6.07) is 4.46. The number of aliphatic carboxylic acids is 1. The van der Waals surface area contributed by atoms with Gasteiger partial charge in [0.1, 0.15) is 5.75 Å². The van der Waals surface area contributed by atoms with Gasteiger partial charge in [-0.25, -0.2) is 0 Å². The van der Waals surface area contributed by atoms with Crippen molar-refractivity contribution in [3.05, 3.63) is 28.3 Å². The van der Waals surface area contributed by atoms with Gasteiger partial charge in [0, 0.05) is 31.4 Å². The zero-order chi connectivity index (χ0) is 16.0. The summed E-state index contributed by atoms with van der Waals surface area (Å²) < 4.78 is 5.44. The van der Waals surface area contributed by atoms with Gasteiger partial charge < -0.3 is 14.7 Å². The monoisotopic (exact) mass is 296 g/mol. The van der Waals surface area contributed by atoms with E-state index in [0.717, 1.165) is 6.42 Å². The standard InChI is InChI=1S/C14H20N2O5/c1-4-5-21-13-7-11(6-12(8-13)16(19)20)15(3)9-10(2)14(17)18/h6-8,10H,4-5,9H2,1-3H3,(H,17,18). The summed E-state index contributed by atoms with van der Waals surface area (Å²) >= 11 is 0. The minimum Gasteiger partial charge on any atom is -0.493 e. The van der Waals surface area contributed by atoms with Crippen molar-refractivity contribution in [1.29, 1.82) is 0 Å². The van der Waals surface area contributed by atoms with Crippen molar-refractivity contribution in [3.63, 3.8) is 0 Å². The van der Waals surface area contributed by atoms with E-state index in [1.54, 1.807) is 24.9 Å². The average molecular weight is 296 g/mol. The Morgan fingerprint density at radius 3 is 2.67 bits per heavy atom. The molecule has 0 aliphatic carbocycles. The Labute approximate surface area is 123 Å². The van der Waals surface area contributed by atoms with E-state index in [1.807, 2.05) is 6.92 Å². The molecule has 0 aromatic heterocycles. The lowest BCUT2D eigenvalue weighted by Crippen LogP contribution is -2.28. The molecule has 1 N–H and O–H groups in total. The second kappa shape index (κ2) is 7.47. The molecule has 21 heavy (non-hydrogen) atoms. The number of nitro groups is 1. The molecule has 0 aliphatic heterocycles. The van der Waals surface area contributed by atoms with Gasteiger partial charge in [-0.05, 0) is 6.42 Å². The molecule has 0 fully saturated rings. The molecule has 0 saturated carbocycles. The largest absolute Gasteiger partial charge is 0.493 e. The highest BCUT2D eigenvalue weighted by Crippen LogP contribution is 2.28. The van der Waals surface area contributed by atoms with Gasteiger partial charge in [-0.3, -0.25) is 14.9 Å². The summed E-state index contributed by atoms with van der Waals surface area (Å²) in [6.45, 7) is 4.25. The molecule has 1 rings (SSSR count). The number of rotatable bonds is 8. The fourth-order valence-electron chi connectivity index (χ4n) is 1.79. The molecule has 7 heteroatoms. The summed E-state index contributed by atoms with van der Waals surface area (Å²) in [5.74, 6) is -1.07. The maximum atomic E-state index is 11.0. The zero-order valence-electron chi connectivity index (χ0n) is 12.4. The topological polar surface area (TPSA) is 92.9 Å². The fourth-order valence-corrected chi connectivity index (χ4v) is 1.79. The summed E-state index contributed by atoms with van der Waals surface area (Å²) in [5, 5.41) is 19.9. The van der Waals surface area contributed by atoms with Crippen LogP contribution in [0.25, 0.3) is 0 Å². The molecule has 0 bridgehead atoms. The molecule has 0 spiro atoms. The number of ether oxygens (including phenoxy) is 1. The van der Waals surface area contributed by atoms with E-state index in [4.69, 9.17) is 9.84 Å². The number of nitro benzene ring substituents is 1. The van der Waals surface area contributed by atoms with Crippen molar-refractivity contribution < 1.29 is 19.6 Å². The predicted molar refractivity (Wildman–Crippen MR) is 79.0 cm³/mol. The lowest BCUT2D eigenvalue weighted by molar-refractivity contribution is -0.384. The van der Waals surface area contributed by atoms with E-state index in [-0.39, 0.29) is 12.2 Å². The molecule has 1 aromatic carbocycles. The average Bonchev–Trinajstić information content (AvgIpc) is 2.44. The number of non-ortho nitro benzene ring substituents is 1. The van der Waals surface area contributed by atoms with E-state index >= 15 is 0 Å². The van der Waals surface area contributed by atoms with Crippen LogP contribution in [0.2, 0.25) is 0 Å². The van der Waals surface area contributed by atoms with Crippen molar-refractivity contribution in [1.82, 2.24) is 0 Å². The Morgan fingerprint density at radius 2 is 2.14 bits per heavy atom. The van der Waals surface area contributed by atoms with Gasteiger partial charge in [0.2, 0.25) is 0 Å². The summed E-state index contributed by atoms with van der Waals surface area (Å²) in [6.07, 6.45) is 0.796. The number of carboxylic acid groups (broad SMARTS) is 1. The minimum atomic E-state index is -0.908. The molecule has 1 aromatic rings. The van der Waals surface area contributed by atoms with Gasteiger partial charge in [0.15, 0.2) is 0 Å². The van der Waals surface area contributed by atoms with E-state index in [9.17, 15) is 14.9 Å². The van der Waals surface area contributed by atoms with E-state index in [2.05, 4.69) is 0 Å². The van der Waals surface area contributed by atoms with Crippen LogP contribution in [0.15, 0.2) is 18.2 Å². The van der Waals surface area contributed by atoms with Gasteiger partial charge in [-0.1, -0.05) is 13.8 Å². The molecule has 0 heterocycles. The van der Waals surface area contributed by atoms with Crippen molar-refractivity contribution in [2.45, 2.75) is 20.3 Å². The number of carbonyl (C=O) groups is 1. The van der Waals surface area contributed by atoms with Gasteiger partial charge in [0.25, 0.3) is 5.69 Å². The molecule has 0 saturated heterocycles. The summed E-state index contributed by atoms with van der Waals surface area (Å²) in [4.78, 5) is 23.0. The molecule has 1 atom stereocenters. The van der Waals surface area contributed by atoms with Crippen LogP contribution in [0.1, 0.15) is 20.3 Å². The van der Waals surface area contributed by atoms with Crippen molar-refractivity contribution >= 4 is 17.3 Å². The van der Waals surface area contributed by atoms with Gasteiger partial charge in [0.05, 0.1) is 23.5 Å². The number of carboxylic acids is 1. The molecule has 116 valence electrons. The number of hydrogen-bond donors (Lipinski definition) is 1. The minimum absolute atomic E-state index is 0.0755. The van der Waals surface area contributed by atoms with Crippen molar-refractivity contribution in [2.75, 3.05) is 25.1 Å². The summed E-state index contributed by atoms with van der Waals surface area (Å²) in [5.41, 5.74) is 0.483. The number of anilines is 1. The Morgan fingerprint density at radius 1 is 1.48 bits per heavy atom. The van der Waals surface area contributed by atoms with Gasteiger partial charge >= 0.3 is 5.97 Å². The Kier molecular flexibility index (Phi) is 5.95. The molecule has 1 unspecified atom stereocenters. The van der Waals surface area contributed by atoms with Crippen molar-refractivity contribution in [2.24, 2.45) is 5.92 Å². The van der Waals surface area contributed by atoms with Crippen molar-refractivity contribution in [3.8, 4) is 5.75 Å². The SMILES string of the molecule is CCCOc1cc(N(C)CC(C)C(=O)O)cc([N+](=O)[O-])c1. The lowest BCUT2D eigenvalue weighted by atomic mass is 10.1. The molecule has 0 amide bonds. The van der Waals surface area contributed by atoms with Crippen LogP contribution in [0, 0.1) is 16.0 Å². The highest BCUT2D eigenvalue weighted by molar-refractivity contribution is 5.70. The van der Waals surface area contributed by atoms with Crippen LogP contribution in [0.4, 0.5) is 11.4 Å². The lowest BCUT2D eigenvalue weighted by Gasteiger charge is -2.22. The number of nitrogens with zero attached hydrogens (tertiary/aromatic N) is 2. The first-order chi connectivity index (χ1) is 9.85. The van der Waals surface area contributed by atoms with E-state index in [0.29, 0.717) is 18.0 Å². The van der Waals surface area contributed by atoms with Crippen LogP contribution in [0.3, 0.4) is 0 Å². The van der Waals surface area contributed by atoms with Gasteiger partial charge in [-0.15, -0.1) is 0 Å². The maximum absolute atomic E-state index is 11.0. The third-order valence-electron chi connectivity index (χ3n) is 2.97. The molecule has 0 aliphatic rings. The highest BCUT2D eigenvalue weighted by atomic mass is 16.6. The van der Waals surface area contributed by atoms with Crippen LogP contribution in [-0.4, -0.2) is 36.2 Å². The first-order valence-electron chi connectivity index (χ1n) is 6.71. The predicted octanol–water partition coefficient (Wildman–Crippen LogP) is 2.54. The zero-order valence-corrected chi connectivity index (χ0v) is 12.4. The van der Waals surface area contributed by atoms with Crippen LogP contribution in [0.5, 0.6) is 5.75 Å². The molecule has 0 radical (unpaired) electrons. The van der Waals surface area contributed by atoms with Crippen LogP contribution >= 0.6 is 0 Å². The first kappa shape index (κ1) is 16.7. The summed E-state index contributed by atoms with van der Waals surface area (Å²) in [7, 11) is 1.70. The Hall–Kier alpha value is -2.31. The molecular weight excluding hydrogens is 276 g/mol.